The highest BCUT2D eigenvalue weighted by molar-refractivity contribution is 5.28. The van der Waals surface area contributed by atoms with E-state index >= 15 is 0 Å². The van der Waals surface area contributed by atoms with Crippen LogP contribution in [-0.2, 0) is 5.41 Å². The van der Waals surface area contributed by atoms with E-state index in [1.54, 1.807) is 0 Å². The van der Waals surface area contributed by atoms with Gasteiger partial charge in [-0.15, -0.1) is 0 Å². The first-order chi connectivity index (χ1) is 7.79. The number of hydrogen-bond acceptors (Lipinski definition) is 2. The molecule has 1 aliphatic carbocycles. The Morgan fingerprint density at radius 3 is 2.44 bits per heavy atom. The smallest absolute Gasteiger partial charge is 0.0766 e. The molecule has 1 fully saturated rings. The molecule has 0 spiro atoms. The minimum atomic E-state index is -0.526. The lowest BCUT2D eigenvalue weighted by atomic mass is 9.73. The van der Waals surface area contributed by atoms with Gasteiger partial charge in [0.2, 0.25) is 0 Å². The predicted molar refractivity (Wildman–Crippen MR) is 62.8 cm³/mol. The minimum absolute atomic E-state index is 0.170. The van der Waals surface area contributed by atoms with Crippen LogP contribution in [0.3, 0.4) is 0 Å². The molecule has 1 unspecified atom stereocenters. The van der Waals surface area contributed by atoms with Crippen molar-refractivity contribution in [1.82, 2.24) is 0 Å². The molecule has 1 aromatic carbocycles. The highest BCUT2D eigenvalue weighted by Gasteiger charge is 2.41. The Bertz CT molecular complexity index is 373. The number of nitrogens with zero attached hydrogens (tertiary/aromatic N) is 1. The first-order valence-electron chi connectivity index (χ1n) is 5.90. The lowest BCUT2D eigenvalue weighted by Gasteiger charge is -2.33. The molecule has 0 radical (unpaired) electrons. The fraction of sp³-hybridized carbons (Fsp3) is 0.500. The van der Waals surface area contributed by atoms with Crippen LogP contribution in [0.4, 0.5) is 0 Å². The Kier molecular flexibility index (Phi) is 3.26. The predicted octanol–water partition coefficient (Wildman–Crippen LogP) is 2.77. The molecule has 0 aromatic heterocycles. The average Bonchev–Trinajstić information content (AvgIpc) is 2.81. The zero-order valence-electron chi connectivity index (χ0n) is 9.39. The number of aliphatic hydroxyl groups is 1. The zero-order chi connectivity index (χ0) is 11.4. The van der Waals surface area contributed by atoms with Crippen molar-refractivity contribution >= 4 is 0 Å². The maximum Gasteiger partial charge on any atom is 0.0766 e. The number of nitriles is 1. The molecule has 84 valence electrons. The van der Waals surface area contributed by atoms with Crippen LogP contribution in [-0.4, -0.2) is 11.2 Å². The minimum Gasteiger partial charge on any atom is -0.391 e. The van der Waals surface area contributed by atoms with Gasteiger partial charge in [-0.3, -0.25) is 0 Å². The third-order valence-electron chi connectivity index (χ3n) is 3.77. The molecule has 2 rings (SSSR count). The average molecular weight is 215 g/mol. The van der Waals surface area contributed by atoms with Crippen LogP contribution in [0.1, 0.15) is 37.7 Å². The van der Waals surface area contributed by atoms with Crippen LogP contribution >= 0.6 is 0 Å². The van der Waals surface area contributed by atoms with Crippen molar-refractivity contribution in [3.8, 4) is 6.07 Å². The van der Waals surface area contributed by atoms with E-state index in [1.165, 1.54) is 5.56 Å². The van der Waals surface area contributed by atoms with E-state index in [0.717, 1.165) is 25.7 Å². The molecule has 1 N–H and O–H groups in total. The molecule has 1 saturated carbocycles. The van der Waals surface area contributed by atoms with Gasteiger partial charge in [0.1, 0.15) is 0 Å². The van der Waals surface area contributed by atoms with Gasteiger partial charge in [-0.25, -0.2) is 0 Å². The summed E-state index contributed by atoms with van der Waals surface area (Å²) >= 11 is 0. The van der Waals surface area contributed by atoms with E-state index in [1.807, 2.05) is 18.2 Å². The first-order valence-corrected chi connectivity index (χ1v) is 5.90. The summed E-state index contributed by atoms with van der Waals surface area (Å²) in [7, 11) is 0. The van der Waals surface area contributed by atoms with Crippen molar-refractivity contribution in [3.05, 3.63) is 35.9 Å². The van der Waals surface area contributed by atoms with Gasteiger partial charge < -0.3 is 5.11 Å². The number of rotatable bonds is 3. The van der Waals surface area contributed by atoms with Gasteiger partial charge in [-0.1, -0.05) is 43.2 Å². The quantitative estimate of drug-likeness (QED) is 0.842. The van der Waals surface area contributed by atoms with Crippen LogP contribution in [0, 0.1) is 11.3 Å². The summed E-state index contributed by atoms with van der Waals surface area (Å²) in [6.45, 7) is 0. The fourth-order valence-electron chi connectivity index (χ4n) is 2.87. The Balaban J connectivity index is 2.33. The number of hydrogen-bond donors (Lipinski definition) is 1. The van der Waals surface area contributed by atoms with Crippen LogP contribution in [0.15, 0.2) is 30.3 Å². The summed E-state index contributed by atoms with van der Waals surface area (Å²) in [5.41, 5.74) is 1.02. The van der Waals surface area contributed by atoms with Crippen molar-refractivity contribution in [3.63, 3.8) is 0 Å². The fourth-order valence-corrected chi connectivity index (χ4v) is 2.87. The van der Waals surface area contributed by atoms with Crippen LogP contribution in [0.2, 0.25) is 0 Å². The maximum atomic E-state index is 10.2. The highest BCUT2D eigenvalue weighted by Crippen LogP contribution is 2.44. The van der Waals surface area contributed by atoms with E-state index in [4.69, 9.17) is 5.26 Å². The van der Waals surface area contributed by atoms with Crippen molar-refractivity contribution in [1.29, 1.82) is 5.26 Å². The standard InChI is InChI=1S/C14H17NO/c15-11-8-13(16)14(9-4-5-10-14)12-6-2-1-3-7-12/h1-3,6-7,13,16H,4-5,8-10H2. The van der Waals surface area contributed by atoms with Gasteiger partial charge in [0.15, 0.2) is 0 Å². The summed E-state index contributed by atoms with van der Waals surface area (Å²) in [5.74, 6) is 0. The normalized spacial score (nSPS) is 20.2. The maximum absolute atomic E-state index is 10.2. The summed E-state index contributed by atoms with van der Waals surface area (Å²) in [6, 6.07) is 12.2. The largest absolute Gasteiger partial charge is 0.391 e. The van der Waals surface area contributed by atoms with E-state index < -0.39 is 6.10 Å². The van der Waals surface area contributed by atoms with E-state index in [0.29, 0.717) is 0 Å². The molecule has 2 heteroatoms. The van der Waals surface area contributed by atoms with E-state index in [-0.39, 0.29) is 11.8 Å². The zero-order valence-corrected chi connectivity index (χ0v) is 9.39. The Morgan fingerprint density at radius 2 is 1.88 bits per heavy atom. The summed E-state index contributed by atoms with van der Waals surface area (Å²) < 4.78 is 0. The monoisotopic (exact) mass is 215 g/mol. The third kappa shape index (κ3) is 1.83. The van der Waals surface area contributed by atoms with Crippen molar-refractivity contribution in [2.24, 2.45) is 0 Å². The van der Waals surface area contributed by atoms with Crippen LogP contribution < -0.4 is 0 Å². The second kappa shape index (κ2) is 4.67. The van der Waals surface area contributed by atoms with Gasteiger partial charge in [-0.05, 0) is 18.4 Å². The molecular weight excluding hydrogens is 198 g/mol. The van der Waals surface area contributed by atoms with Gasteiger partial charge in [0.25, 0.3) is 0 Å². The van der Waals surface area contributed by atoms with Gasteiger partial charge in [0.05, 0.1) is 18.6 Å². The SMILES string of the molecule is N#CCC(O)C1(c2ccccc2)CCCC1. The van der Waals surface area contributed by atoms with Crippen molar-refractivity contribution in [2.75, 3.05) is 0 Å². The molecule has 2 nitrogen and oxygen atoms in total. The molecule has 0 aliphatic heterocycles. The Morgan fingerprint density at radius 1 is 1.25 bits per heavy atom. The topological polar surface area (TPSA) is 44.0 Å². The molecule has 0 amide bonds. The van der Waals surface area contributed by atoms with Gasteiger partial charge >= 0.3 is 0 Å². The molecule has 1 aromatic rings. The highest BCUT2D eigenvalue weighted by atomic mass is 16.3. The molecule has 1 aliphatic rings. The van der Waals surface area contributed by atoms with E-state index in [9.17, 15) is 5.11 Å². The molecule has 0 saturated heterocycles. The lowest BCUT2D eigenvalue weighted by molar-refractivity contribution is 0.0865. The first kappa shape index (κ1) is 11.2. The third-order valence-corrected chi connectivity index (χ3v) is 3.77. The molecule has 16 heavy (non-hydrogen) atoms. The number of benzene rings is 1. The summed E-state index contributed by atoms with van der Waals surface area (Å²) in [4.78, 5) is 0. The second-order valence-electron chi connectivity index (χ2n) is 4.61. The van der Waals surface area contributed by atoms with Crippen LogP contribution in [0.25, 0.3) is 0 Å². The number of aliphatic hydroxyl groups excluding tert-OH is 1. The molecule has 0 heterocycles. The molecule has 1 atom stereocenters. The van der Waals surface area contributed by atoms with E-state index in [2.05, 4.69) is 18.2 Å². The summed E-state index contributed by atoms with van der Waals surface area (Å²) in [5, 5.41) is 19.0. The molecule has 0 bridgehead atoms. The molecular formula is C14H17NO. The Hall–Kier alpha value is -1.33. The summed E-state index contributed by atoms with van der Waals surface area (Å²) in [6.07, 6.45) is 4.01. The van der Waals surface area contributed by atoms with Gasteiger partial charge in [-0.2, -0.15) is 5.26 Å². The van der Waals surface area contributed by atoms with Crippen molar-refractivity contribution in [2.45, 2.75) is 43.6 Å². The Labute approximate surface area is 96.5 Å². The van der Waals surface area contributed by atoms with Crippen molar-refractivity contribution < 1.29 is 5.11 Å². The lowest BCUT2D eigenvalue weighted by Crippen LogP contribution is -2.36. The van der Waals surface area contributed by atoms with Crippen LogP contribution in [0.5, 0.6) is 0 Å². The van der Waals surface area contributed by atoms with Gasteiger partial charge in [0, 0.05) is 5.41 Å². The second-order valence-corrected chi connectivity index (χ2v) is 4.61.